The molecular formula is C15H23NO2. The Morgan fingerprint density at radius 1 is 1.50 bits per heavy atom. The Morgan fingerprint density at radius 2 is 2.28 bits per heavy atom. The van der Waals surface area contributed by atoms with Crippen LogP contribution in [0.3, 0.4) is 0 Å². The lowest BCUT2D eigenvalue weighted by molar-refractivity contribution is 0.194. The van der Waals surface area contributed by atoms with Crippen molar-refractivity contribution in [2.45, 2.75) is 32.8 Å². The summed E-state index contributed by atoms with van der Waals surface area (Å²) in [4.78, 5) is 2.37. The summed E-state index contributed by atoms with van der Waals surface area (Å²) in [7, 11) is 1.66. The Morgan fingerprint density at radius 3 is 2.83 bits per heavy atom. The van der Waals surface area contributed by atoms with Gasteiger partial charge in [-0.2, -0.15) is 0 Å². The SMILES string of the molecule is CCC1CCN(c2cccc(OC)c2C(C)O)C1. The van der Waals surface area contributed by atoms with E-state index in [9.17, 15) is 5.11 Å². The summed E-state index contributed by atoms with van der Waals surface area (Å²) in [6.07, 6.45) is 1.97. The molecule has 1 aliphatic rings. The van der Waals surface area contributed by atoms with E-state index in [1.807, 2.05) is 12.1 Å². The zero-order valence-electron chi connectivity index (χ0n) is 11.5. The smallest absolute Gasteiger partial charge is 0.126 e. The largest absolute Gasteiger partial charge is 0.496 e. The number of anilines is 1. The van der Waals surface area contributed by atoms with E-state index in [1.54, 1.807) is 14.0 Å². The number of aliphatic hydroxyl groups is 1. The van der Waals surface area contributed by atoms with Gasteiger partial charge in [-0.1, -0.05) is 19.4 Å². The Labute approximate surface area is 109 Å². The quantitative estimate of drug-likeness (QED) is 0.890. The third-order valence-electron chi connectivity index (χ3n) is 3.88. The van der Waals surface area contributed by atoms with Crippen LogP contribution in [0.1, 0.15) is 38.4 Å². The Balaban J connectivity index is 2.32. The van der Waals surface area contributed by atoms with Crippen LogP contribution >= 0.6 is 0 Å². The normalized spacial score (nSPS) is 21.1. The summed E-state index contributed by atoms with van der Waals surface area (Å²) in [5, 5.41) is 9.99. The zero-order valence-corrected chi connectivity index (χ0v) is 11.5. The van der Waals surface area contributed by atoms with Gasteiger partial charge in [0, 0.05) is 24.3 Å². The van der Waals surface area contributed by atoms with Crippen molar-refractivity contribution in [3.8, 4) is 5.75 Å². The average Bonchev–Trinajstić information content (AvgIpc) is 2.86. The Hall–Kier alpha value is -1.22. The number of ether oxygens (including phenoxy) is 1. The first-order chi connectivity index (χ1) is 8.67. The summed E-state index contributed by atoms with van der Waals surface area (Å²) in [6.45, 7) is 6.21. The molecule has 0 aliphatic carbocycles. The second kappa shape index (κ2) is 5.61. The number of nitrogens with zero attached hydrogens (tertiary/aromatic N) is 1. The molecule has 1 saturated heterocycles. The van der Waals surface area contributed by atoms with Gasteiger partial charge in [0.1, 0.15) is 5.75 Å². The summed E-state index contributed by atoms with van der Waals surface area (Å²) >= 11 is 0. The molecule has 18 heavy (non-hydrogen) atoms. The second-order valence-corrected chi connectivity index (χ2v) is 5.08. The predicted molar refractivity (Wildman–Crippen MR) is 74.2 cm³/mol. The highest BCUT2D eigenvalue weighted by atomic mass is 16.5. The molecule has 3 heteroatoms. The molecule has 0 radical (unpaired) electrons. The van der Waals surface area contributed by atoms with Gasteiger partial charge in [-0.25, -0.2) is 0 Å². The molecule has 2 rings (SSSR count). The fraction of sp³-hybridized carbons (Fsp3) is 0.600. The van der Waals surface area contributed by atoms with Crippen molar-refractivity contribution >= 4 is 5.69 Å². The number of hydrogen-bond acceptors (Lipinski definition) is 3. The summed E-state index contributed by atoms with van der Waals surface area (Å²) in [6, 6.07) is 6.00. The van der Waals surface area contributed by atoms with Gasteiger partial charge >= 0.3 is 0 Å². The molecule has 2 unspecified atom stereocenters. The van der Waals surface area contributed by atoms with Gasteiger partial charge in [0.2, 0.25) is 0 Å². The molecule has 0 bridgehead atoms. The molecule has 1 heterocycles. The summed E-state index contributed by atoms with van der Waals surface area (Å²) in [5.41, 5.74) is 2.04. The first-order valence-electron chi connectivity index (χ1n) is 6.77. The van der Waals surface area contributed by atoms with E-state index in [4.69, 9.17) is 4.74 Å². The highest BCUT2D eigenvalue weighted by Crippen LogP contribution is 2.37. The molecule has 0 spiro atoms. The van der Waals surface area contributed by atoms with E-state index in [-0.39, 0.29) is 0 Å². The van der Waals surface area contributed by atoms with Crippen LogP contribution in [0.2, 0.25) is 0 Å². The maximum Gasteiger partial charge on any atom is 0.126 e. The molecule has 3 nitrogen and oxygen atoms in total. The van der Waals surface area contributed by atoms with E-state index in [0.29, 0.717) is 0 Å². The van der Waals surface area contributed by atoms with Gasteiger partial charge in [-0.15, -0.1) is 0 Å². The summed E-state index contributed by atoms with van der Waals surface area (Å²) in [5.74, 6) is 1.56. The zero-order chi connectivity index (χ0) is 13.1. The van der Waals surface area contributed by atoms with Gasteiger partial charge in [0.05, 0.1) is 13.2 Å². The van der Waals surface area contributed by atoms with E-state index in [2.05, 4.69) is 17.9 Å². The van der Waals surface area contributed by atoms with Crippen molar-refractivity contribution in [3.63, 3.8) is 0 Å². The number of rotatable bonds is 4. The van der Waals surface area contributed by atoms with Crippen molar-refractivity contribution in [2.75, 3.05) is 25.1 Å². The van der Waals surface area contributed by atoms with Crippen molar-refractivity contribution < 1.29 is 9.84 Å². The van der Waals surface area contributed by atoms with Gasteiger partial charge in [0.15, 0.2) is 0 Å². The van der Waals surface area contributed by atoms with Crippen molar-refractivity contribution in [3.05, 3.63) is 23.8 Å². The van der Waals surface area contributed by atoms with E-state index in [1.165, 1.54) is 12.8 Å². The lowest BCUT2D eigenvalue weighted by atomic mass is 10.1. The average molecular weight is 249 g/mol. The molecule has 1 N–H and O–H groups in total. The van der Waals surface area contributed by atoms with Gasteiger partial charge in [-0.3, -0.25) is 0 Å². The Bertz CT molecular complexity index is 403. The lowest BCUT2D eigenvalue weighted by Crippen LogP contribution is -2.21. The van der Waals surface area contributed by atoms with Crippen LogP contribution in [0.5, 0.6) is 5.75 Å². The third-order valence-corrected chi connectivity index (χ3v) is 3.88. The maximum absolute atomic E-state index is 9.99. The second-order valence-electron chi connectivity index (χ2n) is 5.08. The van der Waals surface area contributed by atoms with Gasteiger partial charge < -0.3 is 14.7 Å². The number of aliphatic hydroxyl groups excluding tert-OH is 1. The van der Waals surface area contributed by atoms with Gasteiger partial charge in [0.25, 0.3) is 0 Å². The first-order valence-corrected chi connectivity index (χ1v) is 6.77. The topological polar surface area (TPSA) is 32.7 Å². The lowest BCUT2D eigenvalue weighted by Gasteiger charge is -2.24. The number of hydrogen-bond donors (Lipinski definition) is 1. The minimum absolute atomic E-state index is 0.503. The van der Waals surface area contributed by atoms with Gasteiger partial charge in [-0.05, 0) is 31.4 Å². The maximum atomic E-state index is 9.99. The van der Waals surface area contributed by atoms with E-state index in [0.717, 1.165) is 36.0 Å². The van der Waals surface area contributed by atoms with Crippen molar-refractivity contribution in [2.24, 2.45) is 5.92 Å². The van der Waals surface area contributed by atoms with E-state index >= 15 is 0 Å². The molecule has 1 aromatic carbocycles. The van der Waals surface area contributed by atoms with Crippen LogP contribution in [0, 0.1) is 5.92 Å². The number of methoxy groups -OCH3 is 1. The van der Waals surface area contributed by atoms with E-state index < -0.39 is 6.10 Å². The molecule has 1 fully saturated rings. The van der Waals surface area contributed by atoms with Crippen LogP contribution in [-0.4, -0.2) is 25.3 Å². The molecule has 100 valence electrons. The third kappa shape index (κ3) is 2.46. The number of benzene rings is 1. The molecular weight excluding hydrogens is 226 g/mol. The van der Waals surface area contributed by atoms with Crippen LogP contribution < -0.4 is 9.64 Å². The molecule has 1 aromatic rings. The summed E-state index contributed by atoms with van der Waals surface area (Å²) < 4.78 is 5.37. The monoisotopic (exact) mass is 249 g/mol. The van der Waals surface area contributed by atoms with Crippen LogP contribution in [0.15, 0.2) is 18.2 Å². The van der Waals surface area contributed by atoms with Crippen LogP contribution in [-0.2, 0) is 0 Å². The molecule has 0 amide bonds. The highest BCUT2D eigenvalue weighted by Gasteiger charge is 2.25. The standard InChI is InChI=1S/C15H23NO2/c1-4-12-8-9-16(10-12)13-6-5-7-14(18-3)15(13)11(2)17/h5-7,11-12,17H,4,8-10H2,1-3H3. The predicted octanol–water partition coefficient (Wildman–Crippen LogP) is 2.98. The minimum Gasteiger partial charge on any atom is -0.496 e. The van der Waals surface area contributed by atoms with Crippen LogP contribution in [0.25, 0.3) is 0 Å². The van der Waals surface area contributed by atoms with Crippen LogP contribution in [0.4, 0.5) is 5.69 Å². The Kier molecular flexibility index (Phi) is 4.12. The molecule has 1 aliphatic heterocycles. The van der Waals surface area contributed by atoms with Crippen molar-refractivity contribution in [1.82, 2.24) is 0 Å². The highest BCUT2D eigenvalue weighted by molar-refractivity contribution is 5.61. The fourth-order valence-corrected chi connectivity index (χ4v) is 2.79. The fourth-order valence-electron chi connectivity index (χ4n) is 2.79. The molecule has 2 atom stereocenters. The first kappa shape index (κ1) is 13.2. The molecule has 0 saturated carbocycles. The minimum atomic E-state index is -0.503. The molecule has 0 aromatic heterocycles. The van der Waals surface area contributed by atoms with Crippen molar-refractivity contribution in [1.29, 1.82) is 0 Å².